The Balaban J connectivity index is 1.84. The van der Waals surface area contributed by atoms with Crippen molar-refractivity contribution in [1.82, 2.24) is 10.2 Å². The average Bonchev–Trinajstić information content (AvgIpc) is 2.96. The van der Waals surface area contributed by atoms with E-state index in [-0.39, 0.29) is 12.1 Å². The van der Waals surface area contributed by atoms with E-state index >= 15 is 0 Å². The van der Waals surface area contributed by atoms with Gasteiger partial charge in [-0.3, -0.25) is 4.79 Å². The van der Waals surface area contributed by atoms with E-state index in [1.807, 2.05) is 11.8 Å². The van der Waals surface area contributed by atoms with Crippen molar-refractivity contribution in [3.63, 3.8) is 0 Å². The van der Waals surface area contributed by atoms with E-state index in [0.717, 1.165) is 19.3 Å². The van der Waals surface area contributed by atoms with E-state index in [9.17, 15) is 9.59 Å². The van der Waals surface area contributed by atoms with Crippen molar-refractivity contribution in [1.29, 1.82) is 0 Å². The lowest BCUT2D eigenvalue weighted by atomic mass is 9.90. The molecular formula is C13H22N2O3S. The van der Waals surface area contributed by atoms with Crippen LogP contribution < -0.4 is 5.32 Å². The Morgan fingerprint density at radius 2 is 2.16 bits per heavy atom. The molecule has 3 atom stereocenters. The van der Waals surface area contributed by atoms with Crippen molar-refractivity contribution in [3.8, 4) is 0 Å². The van der Waals surface area contributed by atoms with Crippen LogP contribution in [-0.2, 0) is 4.79 Å². The third-order valence-electron chi connectivity index (χ3n) is 4.32. The second-order valence-electron chi connectivity index (χ2n) is 5.85. The van der Waals surface area contributed by atoms with Crippen LogP contribution in [0.2, 0.25) is 0 Å². The number of hydrogen-bond acceptors (Lipinski definition) is 3. The molecule has 5 nitrogen and oxygen atoms in total. The highest BCUT2D eigenvalue weighted by Crippen LogP contribution is 2.31. The number of nitrogens with one attached hydrogen (secondary N) is 1. The van der Waals surface area contributed by atoms with Gasteiger partial charge in [0, 0.05) is 24.4 Å². The zero-order valence-electron chi connectivity index (χ0n) is 11.5. The van der Waals surface area contributed by atoms with Gasteiger partial charge in [0.2, 0.25) is 0 Å². The molecule has 19 heavy (non-hydrogen) atoms. The van der Waals surface area contributed by atoms with Gasteiger partial charge in [-0.15, -0.1) is 0 Å². The molecular weight excluding hydrogens is 264 g/mol. The van der Waals surface area contributed by atoms with Gasteiger partial charge in [0.05, 0.1) is 5.41 Å². The highest BCUT2D eigenvalue weighted by molar-refractivity contribution is 7.99. The van der Waals surface area contributed by atoms with Crippen LogP contribution in [0.4, 0.5) is 4.79 Å². The first-order valence-electron chi connectivity index (χ1n) is 6.76. The Labute approximate surface area is 118 Å². The summed E-state index contributed by atoms with van der Waals surface area (Å²) in [5.74, 6) is -0.814. The fraction of sp³-hybridized carbons (Fsp3) is 0.846. The van der Waals surface area contributed by atoms with Crippen LogP contribution in [0.1, 0.15) is 32.6 Å². The number of nitrogens with zero attached hydrogens (tertiary/aromatic N) is 1. The van der Waals surface area contributed by atoms with Crippen LogP contribution >= 0.6 is 11.8 Å². The van der Waals surface area contributed by atoms with Crippen molar-refractivity contribution >= 4 is 23.8 Å². The summed E-state index contributed by atoms with van der Waals surface area (Å²) in [5, 5.41) is 12.9. The van der Waals surface area contributed by atoms with Gasteiger partial charge in [0.25, 0.3) is 0 Å². The number of urea groups is 1. The maximum Gasteiger partial charge on any atom is 0.317 e. The first-order valence-corrected chi connectivity index (χ1v) is 8.05. The molecule has 0 spiro atoms. The second kappa shape index (κ2) is 5.61. The Kier molecular flexibility index (Phi) is 4.28. The molecule has 0 aromatic rings. The molecule has 1 saturated heterocycles. The standard InChI is InChI=1S/C13H22N2O3S/c1-13(11(16)17)5-6-15(8-13)12(18)14-9-3-4-10(7-9)19-2/h9-10H,3-8H2,1-2H3,(H,14,18)(H,16,17). The molecule has 108 valence electrons. The molecule has 2 aliphatic rings. The summed E-state index contributed by atoms with van der Waals surface area (Å²) in [6.45, 7) is 2.56. The molecule has 0 radical (unpaired) electrons. The highest BCUT2D eigenvalue weighted by Gasteiger charge is 2.42. The molecule has 6 heteroatoms. The number of likely N-dealkylation sites (tertiary alicyclic amines) is 1. The lowest BCUT2D eigenvalue weighted by Crippen LogP contribution is -2.44. The Morgan fingerprint density at radius 1 is 1.42 bits per heavy atom. The van der Waals surface area contributed by atoms with Crippen molar-refractivity contribution < 1.29 is 14.7 Å². The van der Waals surface area contributed by atoms with Crippen molar-refractivity contribution in [2.45, 2.75) is 43.9 Å². The molecule has 2 fully saturated rings. The third kappa shape index (κ3) is 3.16. The lowest BCUT2D eigenvalue weighted by Gasteiger charge is -2.22. The van der Waals surface area contributed by atoms with Gasteiger partial charge in [0.15, 0.2) is 0 Å². The molecule has 0 aromatic carbocycles. The predicted octanol–water partition coefficient (Wildman–Crippen LogP) is 1.78. The number of rotatable bonds is 3. The Morgan fingerprint density at radius 3 is 2.68 bits per heavy atom. The number of aliphatic carboxylic acids is 1. The van der Waals surface area contributed by atoms with E-state index in [1.54, 1.807) is 11.8 Å². The Hall–Kier alpha value is -0.910. The van der Waals surface area contributed by atoms with Gasteiger partial charge in [-0.1, -0.05) is 0 Å². The normalized spacial score (nSPS) is 34.5. The summed E-state index contributed by atoms with van der Waals surface area (Å²) in [4.78, 5) is 24.9. The van der Waals surface area contributed by atoms with Crippen molar-refractivity contribution in [2.24, 2.45) is 5.41 Å². The summed E-state index contributed by atoms with van der Waals surface area (Å²) >= 11 is 1.86. The number of carbonyl (C=O) groups excluding carboxylic acids is 1. The summed E-state index contributed by atoms with van der Waals surface area (Å²) in [7, 11) is 0. The molecule has 1 heterocycles. The van der Waals surface area contributed by atoms with Gasteiger partial charge in [-0.05, 0) is 38.9 Å². The minimum atomic E-state index is -0.814. The SMILES string of the molecule is CSC1CCC(NC(=O)N2CCC(C)(C(=O)O)C2)C1. The van der Waals surface area contributed by atoms with Crippen LogP contribution in [0, 0.1) is 5.41 Å². The smallest absolute Gasteiger partial charge is 0.317 e. The first-order chi connectivity index (χ1) is 8.94. The molecule has 0 bridgehead atoms. The number of amides is 2. The summed E-state index contributed by atoms with van der Waals surface area (Å²) in [5.41, 5.74) is -0.783. The van der Waals surface area contributed by atoms with Crippen LogP contribution in [-0.4, -0.2) is 52.6 Å². The molecule has 1 aliphatic heterocycles. The summed E-state index contributed by atoms with van der Waals surface area (Å²) in [6, 6.07) is 0.151. The minimum absolute atomic E-state index is 0.100. The number of carbonyl (C=O) groups is 2. The first kappa shape index (κ1) is 14.5. The van der Waals surface area contributed by atoms with E-state index < -0.39 is 11.4 Å². The molecule has 3 unspecified atom stereocenters. The average molecular weight is 286 g/mol. The maximum atomic E-state index is 12.1. The number of carboxylic acid groups (broad SMARTS) is 1. The number of hydrogen-bond donors (Lipinski definition) is 2. The maximum absolute atomic E-state index is 12.1. The van der Waals surface area contributed by atoms with Crippen LogP contribution in [0.15, 0.2) is 0 Å². The summed E-state index contributed by atoms with van der Waals surface area (Å²) in [6.07, 6.45) is 5.85. The van der Waals surface area contributed by atoms with E-state index in [1.165, 1.54) is 0 Å². The van der Waals surface area contributed by atoms with Crippen LogP contribution in [0.5, 0.6) is 0 Å². The molecule has 1 saturated carbocycles. The van der Waals surface area contributed by atoms with Gasteiger partial charge < -0.3 is 15.3 Å². The van der Waals surface area contributed by atoms with E-state index in [2.05, 4.69) is 11.6 Å². The van der Waals surface area contributed by atoms with Gasteiger partial charge in [-0.25, -0.2) is 4.79 Å². The quantitative estimate of drug-likeness (QED) is 0.829. The lowest BCUT2D eigenvalue weighted by molar-refractivity contribution is -0.146. The van der Waals surface area contributed by atoms with Gasteiger partial charge in [-0.2, -0.15) is 11.8 Å². The zero-order chi connectivity index (χ0) is 14.0. The van der Waals surface area contributed by atoms with Crippen molar-refractivity contribution in [3.05, 3.63) is 0 Å². The van der Waals surface area contributed by atoms with Gasteiger partial charge >= 0.3 is 12.0 Å². The Bertz CT molecular complexity index is 377. The molecule has 2 N–H and O–H groups in total. The minimum Gasteiger partial charge on any atom is -0.481 e. The third-order valence-corrected chi connectivity index (χ3v) is 5.42. The number of thioether (sulfide) groups is 1. The highest BCUT2D eigenvalue weighted by atomic mass is 32.2. The van der Waals surface area contributed by atoms with E-state index in [4.69, 9.17) is 5.11 Å². The van der Waals surface area contributed by atoms with Crippen LogP contribution in [0.3, 0.4) is 0 Å². The number of carboxylic acids is 1. The largest absolute Gasteiger partial charge is 0.481 e. The molecule has 2 amide bonds. The second-order valence-corrected chi connectivity index (χ2v) is 6.99. The molecule has 1 aliphatic carbocycles. The van der Waals surface area contributed by atoms with Crippen molar-refractivity contribution in [2.75, 3.05) is 19.3 Å². The fourth-order valence-corrected chi connectivity index (χ4v) is 3.66. The summed E-state index contributed by atoms with van der Waals surface area (Å²) < 4.78 is 0. The topological polar surface area (TPSA) is 69.6 Å². The van der Waals surface area contributed by atoms with E-state index in [0.29, 0.717) is 24.8 Å². The van der Waals surface area contributed by atoms with Gasteiger partial charge in [0.1, 0.15) is 0 Å². The molecule has 0 aromatic heterocycles. The molecule has 2 rings (SSSR count). The predicted molar refractivity (Wildman–Crippen MR) is 75.4 cm³/mol. The van der Waals surface area contributed by atoms with Crippen LogP contribution in [0.25, 0.3) is 0 Å². The zero-order valence-corrected chi connectivity index (χ0v) is 12.3. The monoisotopic (exact) mass is 286 g/mol. The fourth-order valence-electron chi connectivity index (χ4n) is 2.86.